The van der Waals surface area contributed by atoms with Crippen LogP contribution in [0.15, 0.2) is 24.3 Å². The number of carboxylic acid groups (broad SMARTS) is 1. The molecule has 0 aliphatic heterocycles. The molecule has 0 saturated heterocycles. The van der Waals surface area contributed by atoms with Crippen LogP contribution < -0.4 is 4.74 Å². The van der Waals surface area contributed by atoms with E-state index in [1.165, 1.54) is 0 Å². The number of hydrogen-bond donors (Lipinski definition) is 1. The molecular formula is C11H15ClO3. The molecule has 0 aliphatic carbocycles. The van der Waals surface area contributed by atoms with Gasteiger partial charge in [0.2, 0.25) is 0 Å². The topological polar surface area (TPSA) is 46.5 Å². The molecule has 3 nitrogen and oxygen atoms in total. The van der Waals surface area contributed by atoms with Crippen LogP contribution in [0.5, 0.6) is 5.75 Å². The Kier molecular flexibility index (Phi) is 6.54. The molecule has 1 aromatic carbocycles. The lowest BCUT2D eigenvalue weighted by Gasteiger charge is -2.04. The fourth-order valence-electron chi connectivity index (χ4n) is 1.03. The second-order valence-corrected chi connectivity index (χ2v) is 3.03. The number of benzene rings is 1. The second-order valence-electron chi connectivity index (χ2n) is 3.03. The van der Waals surface area contributed by atoms with Crippen molar-refractivity contribution in [3.8, 4) is 5.75 Å². The van der Waals surface area contributed by atoms with Gasteiger partial charge in [0.05, 0.1) is 12.2 Å². The third-order valence-corrected chi connectivity index (χ3v) is 1.87. The van der Waals surface area contributed by atoms with Gasteiger partial charge in [0.1, 0.15) is 5.75 Å². The minimum Gasteiger partial charge on any atom is -0.494 e. The van der Waals surface area contributed by atoms with E-state index in [9.17, 15) is 4.79 Å². The molecule has 1 aromatic rings. The standard InChI is InChI=1S/C11H14O3.ClH/c1-2-3-8-14-10-6-4-9(5-7-10)11(12)13;/h4-7H,2-3,8H2,1H3,(H,12,13);1H. The van der Waals surface area contributed by atoms with Crippen molar-refractivity contribution < 1.29 is 14.6 Å². The number of carbonyl (C=O) groups is 1. The van der Waals surface area contributed by atoms with Crippen molar-refractivity contribution in [3.05, 3.63) is 29.8 Å². The highest BCUT2D eigenvalue weighted by atomic mass is 35.5. The fourth-order valence-corrected chi connectivity index (χ4v) is 1.03. The number of ether oxygens (including phenoxy) is 1. The Bertz CT molecular complexity index is 295. The van der Waals surface area contributed by atoms with E-state index in [4.69, 9.17) is 9.84 Å². The molecule has 0 spiro atoms. The molecule has 0 bridgehead atoms. The summed E-state index contributed by atoms with van der Waals surface area (Å²) in [5.74, 6) is -0.187. The highest BCUT2D eigenvalue weighted by Gasteiger charge is 2.01. The molecule has 84 valence electrons. The zero-order valence-corrected chi connectivity index (χ0v) is 9.42. The van der Waals surface area contributed by atoms with Gasteiger partial charge in [-0.1, -0.05) is 13.3 Å². The summed E-state index contributed by atoms with van der Waals surface area (Å²) in [6.45, 7) is 2.78. The van der Waals surface area contributed by atoms with E-state index in [0.717, 1.165) is 18.6 Å². The van der Waals surface area contributed by atoms with Gasteiger partial charge in [-0.3, -0.25) is 0 Å². The van der Waals surface area contributed by atoms with E-state index in [-0.39, 0.29) is 18.0 Å². The third kappa shape index (κ3) is 4.70. The summed E-state index contributed by atoms with van der Waals surface area (Å²) in [4.78, 5) is 10.5. The van der Waals surface area contributed by atoms with Gasteiger partial charge < -0.3 is 9.84 Å². The molecule has 0 fully saturated rings. The van der Waals surface area contributed by atoms with Gasteiger partial charge in [0.15, 0.2) is 0 Å². The van der Waals surface area contributed by atoms with Crippen molar-refractivity contribution in [3.63, 3.8) is 0 Å². The van der Waals surface area contributed by atoms with Crippen molar-refractivity contribution in [1.29, 1.82) is 0 Å². The summed E-state index contributed by atoms with van der Waals surface area (Å²) >= 11 is 0. The molecule has 0 saturated carbocycles. The zero-order chi connectivity index (χ0) is 10.4. The lowest BCUT2D eigenvalue weighted by Crippen LogP contribution is -1.98. The molecule has 0 radical (unpaired) electrons. The Morgan fingerprint density at radius 2 is 1.93 bits per heavy atom. The Morgan fingerprint density at radius 1 is 1.33 bits per heavy atom. The van der Waals surface area contributed by atoms with Crippen molar-refractivity contribution in [1.82, 2.24) is 0 Å². The summed E-state index contributed by atoms with van der Waals surface area (Å²) in [7, 11) is 0. The van der Waals surface area contributed by atoms with Crippen LogP contribution in [0.1, 0.15) is 30.1 Å². The van der Waals surface area contributed by atoms with Crippen LogP contribution >= 0.6 is 12.4 Å². The fraction of sp³-hybridized carbons (Fsp3) is 0.364. The molecular weight excluding hydrogens is 216 g/mol. The summed E-state index contributed by atoms with van der Waals surface area (Å²) < 4.78 is 5.39. The van der Waals surface area contributed by atoms with E-state index in [2.05, 4.69) is 6.92 Å². The van der Waals surface area contributed by atoms with Crippen molar-refractivity contribution in [2.24, 2.45) is 0 Å². The zero-order valence-electron chi connectivity index (χ0n) is 8.60. The van der Waals surface area contributed by atoms with Gasteiger partial charge in [0, 0.05) is 0 Å². The van der Waals surface area contributed by atoms with Gasteiger partial charge in [-0.05, 0) is 30.7 Å². The molecule has 4 heteroatoms. The molecule has 0 heterocycles. The number of halogens is 1. The number of carboxylic acids is 1. The van der Waals surface area contributed by atoms with Crippen LogP contribution in [0.4, 0.5) is 0 Å². The quantitative estimate of drug-likeness (QED) is 0.791. The highest BCUT2D eigenvalue weighted by molar-refractivity contribution is 5.87. The minimum atomic E-state index is -0.912. The smallest absolute Gasteiger partial charge is 0.335 e. The second kappa shape index (κ2) is 7.12. The summed E-state index contributed by atoms with van der Waals surface area (Å²) in [6, 6.07) is 6.45. The average Bonchev–Trinajstić information content (AvgIpc) is 2.19. The molecule has 0 amide bonds. The Morgan fingerprint density at radius 3 is 2.40 bits per heavy atom. The van der Waals surface area contributed by atoms with E-state index < -0.39 is 5.97 Å². The lowest BCUT2D eigenvalue weighted by atomic mass is 10.2. The Labute approximate surface area is 95.5 Å². The molecule has 0 unspecified atom stereocenters. The van der Waals surface area contributed by atoms with Crippen LogP contribution in [0, 0.1) is 0 Å². The molecule has 0 atom stereocenters. The first kappa shape index (κ1) is 13.8. The van der Waals surface area contributed by atoms with Crippen molar-refractivity contribution in [2.45, 2.75) is 19.8 Å². The monoisotopic (exact) mass is 230 g/mol. The minimum absolute atomic E-state index is 0. The van der Waals surface area contributed by atoms with E-state index >= 15 is 0 Å². The molecule has 0 aromatic heterocycles. The third-order valence-electron chi connectivity index (χ3n) is 1.87. The van der Waals surface area contributed by atoms with Crippen molar-refractivity contribution >= 4 is 18.4 Å². The molecule has 1 N–H and O–H groups in total. The van der Waals surface area contributed by atoms with Crippen LogP contribution in [0.25, 0.3) is 0 Å². The number of aromatic carboxylic acids is 1. The largest absolute Gasteiger partial charge is 0.494 e. The van der Waals surface area contributed by atoms with Crippen molar-refractivity contribution in [2.75, 3.05) is 6.61 Å². The summed E-state index contributed by atoms with van der Waals surface area (Å²) in [5.41, 5.74) is 0.285. The number of rotatable bonds is 5. The first-order chi connectivity index (χ1) is 6.74. The summed E-state index contributed by atoms with van der Waals surface area (Å²) in [5, 5.41) is 8.65. The maximum atomic E-state index is 10.5. The highest BCUT2D eigenvalue weighted by Crippen LogP contribution is 2.12. The SMILES string of the molecule is CCCCOc1ccc(C(=O)O)cc1.Cl. The lowest BCUT2D eigenvalue weighted by molar-refractivity contribution is 0.0697. The maximum Gasteiger partial charge on any atom is 0.335 e. The van der Waals surface area contributed by atoms with Gasteiger partial charge in [-0.2, -0.15) is 0 Å². The van der Waals surface area contributed by atoms with E-state index in [1.54, 1.807) is 24.3 Å². The van der Waals surface area contributed by atoms with E-state index in [0.29, 0.717) is 6.61 Å². The Balaban J connectivity index is 0.00000196. The van der Waals surface area contributed by atoms with Gasteiger partial charge in [0.25, 0.3) is 0 Å². The van der Waals surface area contributed by atoms with Gasteiger partial charge in [-0.15, -0.1) is 12.4 Å². The number of hydrogen-bond acceptors (Lipinski definition) is 2. The first-order valence-electron chi connectivity index (χ1n) is 4.70. The Hall–Kier alpha value is -1.22. The normalized spacial score (nSPS) is 9.13. The maximum absolute atomic E-state index is 10.5. The van der Waals surface area contributed by atoms with Crippen LogP contribution in [0.2, 0.25) is 0 Å². The molecule has 1 rings (SSSR count). The van der Waals surface area contributed by atoms with E-state index in [1.807, 2.05) is 0 Å². The predicted octanol–water partition coefficient (Wildman–Crippen LogP) is 2.99. The first-order valence-corrected chi connectivity index (χ1v) is 4.70. The number of unbranched alkanes of at least 4 members (excludes halogenated alkanes) is 1. The van der Waals surface area contributed by atoms with Crippen LogP contribution in [-0.2, 0) is 0 Å². The molecule has 0 aliphatic rings. The summed E-state index contributed by atoms with van der Waals surface area (Å²) in [6.07, 6.45) is 2.11. The molecule has 15 heavy (non-hydrogen) atoms. The predicted molar refractivity (Wildman–Crippen MR) is 61.1 cm³/mol. The van der Waals surface area contributed by atoms with Gasteiger partial charge in [-0.25, -0.2) is 4.79 Å². The van der Waals surface area contributed by atoms with Crippen LogP contribution in [-0.4, -0.2) is 17.7 Å². The van der Waals surface area contributed by atoms with Gasteiger partial charge >= 0.3 is 5.97 Å². The van der Waals surface area contributed by atoms with Crippen LogP contribution in [0.3, 0.4) is 0 Å². The average molecular weight is 231 g/mol.